The van der Waals surface area contributed by atoms with Crippen LogP contribution in [0.3, 0.4) is 0 Å². The number of methoxy groups -OCH3 is 1. The molecule has 1 aliphatic heterocycles. The fourth-order valence-electron chi connectivity index (χ4n) is 3.92. The van der Waals surface area contributed by atoms with Crippen LogP contribution in [-0.4, -0.2) is 30.2 Å². The first-order valence-electron chi connectivity index (χ1n) is 10.5. The van der Waals surface area contributed by atoms with Gasteiger partial charge in [-0.3, -0.25) is 9.36 Å². The number of carbonyl (C=O) groups excluding carboxylic acids is 2. The maximum absolute atomic E-state index is 13.5. The molecule has 180 valence electrons. The molecular weight excluding hydrogens is 511 g/mol. The van der Waals surface area contributed by atoms with Crippen molar-refractivity contribution >= 4 is 63.9 Å². The third-order valence-electron chi connectivity index (χ3n) is 5.46. The molecule has 7 nitrogen and oxygen atoms in total. The van der Waals surface area contributed by atoms with Crippen molar-refractivity contribution in [1.82, 2.24) is 4.57 Å². The molecule has 2 N–H and O–H groups in total. The summed E-state index contributed by atoms with van der Waals surface area (Å²) >= 11 is 13.8. The van der Waals surface area contributed by atoms with E-state index < -0.39 is 23.4 Å². The van der Waals surface area contributed by atoms with Crippen LogP contribution in [0.4, 0.5) is 0 Å². The highest BCUT2D eigenvalue weighted by atomic mass is 35.5. The Morgan fingerprint density at radius 1 is 1.06 bits per heavy atom. The van der Waals surface area contributed by atoms with Crippen molar-refractivity contribution in [1.29, 1.82) is 0 Å². The molecule has 0 saturated heterocycles. The molecule has 0 spiro atoms. The Balaban J connectivity index is 2.16. The molecule has 1 aromatic heterocycles. The maximum atomic E-state index is 13.5. The van der Waals surface area contributed by atoms with E-state index in [0.29, 0.717) is 21.2 Å². The van der Waals surface area contributed by atoms with Crippen molar-refractivity contribution in [2.45, 2.75) is 12.8 Å². The first kappa shape index (κ1) is 24.8. The fourth-order valence-corrected chi connectivity index (χ4v) is 5.51. The van der Waals surface area contributed by atoms with Gasteiger partial charge in [0.15, 0.2) is 0 Å². The average Bonchev–Trinajstić information content (AvgIpc) is 3.16. The summed E-state index contributed by atoms with van der Waals surface area (Å²) in [6, 6.07) is 13.8. The van der Waals surface area contributed by atoms with E-state index in [4.69, 9.17) is 38.4 Å². The zero-order valence-corrected chi connectivity index (χ0v) is 21.0. The van der Waals surface area contributed by atoms with Gasteiger partial charge < -0.3 is 15.2 Å². The monoisotopic (exact) mass is 530 g/mol. The standard InChI is InChI=1S/C25H20Cl2N2O5S/c1-3-34-25(32)19-18(14-9-5-7-11-16(14)27)20(24(31)33-2)23-29(21(19)28)22(30)17(35-23)12-13-8-4-6-10-15(13)26/h4-12,18H,3,28H2,1-2H3/b17-12-/t18-/m0/s1. The number of carbonyl (C=O) groups is 2. The molecule has 2 aromatic carbocycles. The van der Waals surface area contributed by atoms with Gasteiger partial charge >= 0.3 is 11.9 Å². The van der Waals surface area contributed by atoms with Crippen molar-refractivity contribution in [2.24, 2.45) is 5.73 Å². The lowest BCUT2D eigenvalue weighted by Crippen LogP contribution is -2.41. The number of benzene rings is 2. The molecule has 0 bridgehead atoms. The molecule has 0 amide bonds. The fraction of sp³-hybridized carbons (Fsp3) is 0.160. The number of fused-ring (bicyclic) bond motifs is 1. The lowest BCUT2D eigenvalue weighted by atomic mass is 9.83. The summed E-state index contributed by atoms with van der Waals surface area (Å²) in [7, 11) is 1.22. The van der Waals surface area contributed by atoms with Crippen LogP contribution in [-0.2, 0) is 19.1 Å². The Morgan fingerprint density at radius 2 is 1.71 bits per heavy atom. The van der Waals surface area contributed by atoms with E-state index in [2.05, 4.69) is 0 Å². The predicted octanol–water partition coefficient (Wildman–Crippen LogP) is 2.86. The Kier molecular flexibility index (Phi) is 7.16. The van der Waals surface area contributed by atoms with Crippen LogP contribution in [0.25, 0.3) is 17.5 Å². The summed E-state index contributed by atoms with van der Waals surface area (Å²) < 4.78 is 12.0. The quantitative estimate of drug-likeness (QED) is 0.509. The van der Waals surface area contributed by atoms with Crippen LogP contribution >= 0.6 is 34.5 Å². The van der Waals surface area contributed by atoms with Crippen LogP contribution in [0.2, 0.25) is 10.0 Å². The Hall–Kier alpha value is -3.33. The number of aromatic nitrogens is 1. The van der Waals surface area contributed by atoms with E-state index >= 15 is 0 Å². The van der Waals surface area contributed by atoms with Crippen molar-refractivity contribution < 1.29 is 19.1 Å². The van der Waals surface area contributed by atoms with Crippen molar-refractivity contribution in [2.75, 3.05) is 13.7 Å². The Morgan fingerprint density at radius 3 is 2.34 bits per heavy atom. The van der Waals surface area contributed by atoms with Gasteiger partial charge in [-0.1, -0.05) is 59.6 Å². The highest BCUT2D eigenvalue weighted by Crippen LogP contribution is 2.40. The molecule has 0 saturated carbocycles. The topological polar surface area (TPSA) is 101 Å². The number of ether oxygens (including phenoxy) is 2. The molecule has 10 heteroatoms. The highest BCUT2D eigenvalue weighted by molar-refractivity contribution is 7.07. The number of nitrogens with two attached hydrogens (primary N) is 1. The van der Waals surface area contributed by atoms with Crippen LogP contribution in [0.15, 0.2) is 58.9 Å². The van der Waals surface area contributed by atoms with E-state index in [1.54, 1.807) is 61.5 Å². The second-order valence-corrected chi connectivity index (χ2v) is 9.30. The number of esters is 2. The third-order valence-corrected chi connectivity index (χ3v) is 7.25. The van der Waals surface area contributed by atoms with E-state index in [1.165, 1.54) is 7.11 Å². The van der Waals surface area contributed by atoms with Crippen LogP contribution in [0.5, 0.6) is 0 Å². The average molecular weight is 531 g/mol. The molecule has 0 radical (unpaired) electrons. The number of halogens is 2. The maximum Gasteiger partial charge on any atom is 0.338 e. The van der Waals surface area contributed by atoms with Gasteiger partial charge in [-0.05, 0) is 36.3 Å². The summed E-state index contributed by atoms with van der Waals surface area (Å²) in [6.45, 7) is 1.71. The number of hydrogen-bond acceptors (Lipinski definition) is 7. The minimum atomic E-state index is -1.01. The normalized spacial score (nSPS) is 15.7. The van der Waals surface area contributed by atoms with Crippen molar-refractivity contribution in [3.05, 3.63) is 94.8 Å². The zero-order valence-electron chi connectivity index (χ0n) is 18.7. The van der Waals surface area contributed by atoms with Gasteiger partial charge in [0.1, 0.15) is 10.5 Å². The van der Waals surface area contributed by atoms with Crippen LogP contribution in [0, 0.1) is 0 Å². The lowest BCUT2D eigenvalue weighted by molar-refractivity contribution is -0.138. The Labute approximate surface area is 214 Å². The summed E-state index contributed by atoms with van der Waals surface area (Å²) in [5.74, 6) is -2.65. The van der Waals surface area contributed by atoms with Crippen LogP contribution < -0.4 is 20.5 Å². The van der Waals surface area contributed by atoms with Crippen LogP contribution in [0.1, 0.15) is 24.0 Å². The summed E-state index contributed by atoms with van der Waals surface area (Å²) in [5.41, 5.74) is 6.97. The Bertz CT molecular complexity index is 1550. The first-order valence-corrected chi connectivity index (χ1v) is 12.1. The largest absolute Gasteiger partial charge is 0.466 e. The first-order chi connectivity index (χ1) is 16.8. The highest BCUT2D eigenvalue weighted by Gasteiger charge is 2.40. The number of hydrogen-bond donors (Lipinski definition) is 1. The van der Waals surface area contributed by atoms with Gasteiger partial charge in [-0.2, -0.15) is 0 Å². The molecule has 1 atom stereocenters. The molecule has 1 aliphatic rings. The molecule has 0 fully saturated rings. The number of rotatable bonds is 5. The van der Waals surface area contributed by atoms with E-state index in [1.807, 2.05) is 0 Å². The summed E-state index contributed by atoms with van der Waals surface area (Å²) in [4.78, 5) is 39.7. The second-order valence-electron chi connectivity index (χ2n) is 7.46. The minimum absolute atomic E-state index is 0.0544. The molecule has 3 aromatic rings. The SMILES string of the molecule is CCOC(=O)C1=C(N)n2c(s/c(=C\c3ccccc3Cl)c2=O)=C(C(=O)OC)[C@H]1c1ccccc1Cl. The van der Waals surface area contributed by atoms with Gasteiger partial charge in [0.05, 0.1) is 35.3 Å². The molecule has 0 aliphatic carbocycles. The van der Waals surface area contributed by atoms with E-state index in [9.17, 15) is 14.4 Å². The summed E-state index contributed by atoms with van der Waals surface area (Å²) in [5, 5.41) is 0.758. The molecule has 4 rings (SSSR count). The third kappa shape index (κ3) is 4.40. The molecule has 35 heavy (non-hydrogen) atoms. The second kappa shape index (κ2) is 10.1. The van der Waals surface area contributed by atoms with E-state index in [0.717, 1.165) is 15.9 Å². The van der Waals surface area contributed by atoms with Gasteiger partial charge in [-0.25, -0.2) is 9.59 Å². The summed E-state index contributed by atoms with van der Waals surface area (Å²) in [6.07, 6.45) is 1.61. The van der Waals surface area contributed by atoms with Gasteiger partial charge in [0.25, 0.3) is 5.56 Å². The van der Waals surface area contributed by atoms with E-state index in [-0.39, 0.29) is 32.8 Å². The lowest BCUT2D eigenvalue weighted by Gasteiger charge is -2.27. The minimum Gasteiger partial charge on any atom is -0.466 e. The predicted molar refractivity (Wildman–Crippen MR) is 137 cm³/mol. The number of thiazole rings is 1. The zero-order chi connectivity index (χ0) is 25.3. The van der Waals surface area contributed by atoms with Gasteiger partial charge in [0, 0.05) is 10.0 Å². The van der Waals surface area contributed by atoms with Gasteiger partial charge in [0.2, 0.25) is 0 Å². The van der Waals surface area contributed by atoms with Crippen molar-refractivity contribution in [3.63, 3.8) is 0 Å². The van der Waals surface area contributed by atoms with Gasteiger partial charge in [-0.15, -0.1) is 11.3 Å². The van der Waals surface area contributed by atoms with Crippen molar-refractivity contribution in [3.8, 4) is 0 Å². The molecule has 0 unspecified atom stereocenters. The molecular formula is C25H20Cl2N2O5S. The number of nitrogens with zero attached hydrogens (tertiary/aromatic N) is 1. The molecule has 2 heterocycles. The smallest absolute Gasteiger partial charge is 0.338 e.